The summed E-state index contributed by atoms with van der Waals surface area (Å²) in [4.78, 5) is 2.70. The minimum Gasteiger partial charge on any atom is -0.379 e. The molecule has 0 atom stereocenters. The third kappa shape index (κ3) is 4.06. The van der Waals surface area contributed by atoms with E-state index in [-0.39, 0.29) is 5.60 Å². The zero-order valence-corrected chi connectivity index (χ0v) is 15.9. The highest BCUT2D eigenvalue weighted by molar-refractivity contribution is 7.89. The van der Waals surface area contributed by atoms with Gasteiger partial charge in [-0.05, 0) is 24.1 Å². The van der Waals surface area contributed by atoms with Crippen LogP contribution in [-0.2, 0) is 26.0 Å². The number of methoxy groups -OCH3 is 1. The van der Waals surface area contributed by atoms with Crippen molar-refractivity contribution in [3.63, 3.8) is 0 Å². The van der Waals surface area contributed by atoms with Gasteiger partial charge in [-0.15, -0.1) is 0 Å². The topological polar surface area (TPSA) is 59.1 Å². The van der Waals surface area contributed by atoms with Gasteiger partial charge in [-0.25, -0.2) is 8.42 Å². The summed E-state index contributed by atoms with van der Waals surface area (Å²) in [6.45, 7) is 6.65. The second kappa shape index (κ2) is 7.72. The molecule has 2 fully saturated rings. The molecule has 3 rings (SSSR count). The van der Waals surface area contributed by atoms with Crippen molar-refractivity contribution in [3.05, 3.63) is 29.8 Å². The average molecular weight is 368 g/mol. The van der Waals surface area contributed by atoms with Gasteiger partial charge in [-0.1, -0.05) is 25.5 Å². The summed E-state index contributed by atoms with van der Waals surface area (Å²) in [5, 5.41) is 0. The number of rotatable bonds is 7. The molecule has 0 bridgehead atoms. The molecule has 2 aliphatic heterocycles. The smallest absolute Gasteiger partial charge is 0.243 e. The lowest BCUT2D eigenvalue weighted by Gasteiger charge is -2.49. The molecule has 0 N–H and O–H groups in total. The third-order valence-corrected chi connectivity index (χ3v) is 7.01. The van der Waals surface area contributed by atoms with Crippen LogP contribution in [0.4, 0.5) is 0 Å². The minimum atomic E-state index is -3.41. The van der Waals surface area contributed by atoms with Gasteiger partial charge in [-0.3, -0.25) is 4.90 Å². The summed E-state index contributed by atoms with van der Waals surface area (Å²) in [5.74, 6) is 0. The average Bonchev–Trinajstić information content (AvgIpc) is 2.61. The van der Waals surface area contributed by atoms with Gasteiger partial charge in [0.2, 0.25) is 10.0 Å². The molecule has 0 aromatic heterocycles. The molecule has 0 aliphatic carbocycles. The largest absolute Gasteiger partial charge is 0.379 e. The highest BCUT2D eigenvalue weighted by Gasteiger charge is 2.42. The Morgan fingerprint density at radius 3 is 2.36 bits per heavy atom. The maximum atomic E-state index is 12.6. The van der Waals surface area contributed by atoms with Crippen LogP contribution in [0.2, 0.25) is 0 Å². The molecule has 0 saturated carbocycles. The Bertz CT molecular complexity index is 663. The highest BCUT2D eigenvalue weighted by Crippen LogP contribution is 2.30. The summed E-state index contributed by atoms with van der Waals surface area (Å²) < 4.78 is 37.7. The Labute approximate surface area is 150 Å². The maximum Gasteiger partial charge on any atom is 0.243 e. The Balaban J connectivity index is 1.60. The fourth-order valence-corrected chi connectivity index (χ4v) is 5.09. The summed E-state index contributed by atoms with van der Waals surface area (Å²) in [6.07, 6.45) is 2.20. The predicted molar refractivity (Wildman–Crippen MR) is 95.9 cm³/mol. The van der Waals surface area contributed by atoms with Crippen molar-refractivity contribution in [3.8, 4) is 0 Å². The van der Waals surface area contributed by atoms with E-state index in [4.69, 9.17) is 9.47 Å². The number of ether oxygens (including phenoxy) is 2. The van der Waals surface area contributed by atoms with E-state index >= 15 is 0 Å². The zero-order chi connectivity index (χ0) is 17.9. The molecule has 2 saturated heterocycles. The lowest BCUT2D eigenvalue weighted by atomic mass is 9.88. The fraction of sp³-hybridized carbons (Fsp3) is 0.667. The predicted octanol–water partition coefficient (Wildman–Crippen LogP) is 1.71. The van der Waals surface area contributed by atoms with E-state index in [9.17, 15) is 8.42 Å². The van der Waals surface area contributed by atoms with Gasteiger partial charge >= 0.3 is 0 Å². The van der Waals surface area contributed by atoms with Crippen LogP contribution in [-0.4, -0.2) is 69.7 Å². The van der Waals surface area contributed by atoms with E-state index in [1.807, 2.05) is 12.1 Å². The van der Waals surface area contributed by atoms with Crippen LogP contribution < -0.4 is 0 Å². The molecule has 7 heteroatoms. The van der Waals surface area contributed by atoms with Gasteiger partial charge in [0, 0.05) is 39.8 Å². The van der Waals surface area contributed by atoms with Crippen LogP contribution in [0, 0.1) is 0 Å². The second-order valence-corrected chi connectivity index (χ2v) is 8.88. The van der Waals surface area contributed by atoms with E-state index in [0.29, 0.717) is 31.2 Å². The van der Waals surface area contributed by atoms with Crippen molar-refractivity contribution in [2.75, 3.05) is 46.5 Å². The van der Waals surface area contributed by atoms with Crippen LogP contribution >= 0.6 is 0 Å². The van der Waals surface area contributed by atoms with Crippen molar-refractivity contribution in [1.29, 1.82) is 0 Å². The van der Waals surface area contributed by atoms with Crippen LogP contribution in [0.3, 0.4) is 0 Å². The molecular weight excluding hydrogens is 340 g/mol. The number of hydrogen-bond donors (Lipinski definition) is 0. The van der Waals surface area contributed by atoms with Crippen LogP contribution in [0.5, 0.6) is 0 Å². The lowest BCUT2D eigenvalue weighted by molar-refractivity contribution is -0.132. The maximum absolute atomic E-state index is 12.6. The second-order valence-electron chi connectivity index (χ2n) is 6.94. The first kappa shape index (κ1) is 18.8. The monoisotopic (exact) mass is 368 g/mol. The fourth-order valence-electron chi connectivity index (χ4n) is 3.69. The normalized spacial score (nSPS) is 21.8. The van der Waals surface area contributed by atoms with Gasteiger partial charge in [-0.2, -0.15) is 4.31 Å². The van der Waals surface area contributed by atoms with Crippen molar-refractivity contribution >= 4 is 10.0 Å². The Morgan fingerprint density at radius 1 is 1.16 bits per heavy atom. The van der Waals surface area contributed by atoms with Crippen LogP contribution in [0.1, 0.15) is 25.3 Å². The van der Waals surface area contributed by atoms with Gasteiger partial charge in [0.25, 0.3) is 0 Å². The molecular formula is C18H28N2O4S. The molecule has 2 heterocycles. The van der Waals surface area contributed by atoms with Crippen molar-refractivity contribution in [2.24, 2.45) is 0 Å². The molecule has 0 spiro atoms. The molecule has 1 aromatic rings. The SMILES string of the molecule is CCCC1(OC)CN(Cc2ccc(S(=O)(=O)N3CCOCC3)cc2)C1. The van der Waals surface area contributed by atoms with Gasteiger partial charge in [0.1, 0.15) is 0 Å². The number of nitrogens with zero attached hydrogens (tertiary/aromatic N) is 2. The first-order valence-electron chi connectivity index (χ1n) is 8.93. The third-order valence-electron chi connectivity index (χ3n) is 5.10. The molecule has 0 radical (unpaired) electrons. The molecule has 0 unspecified atom stereocenters. The van der Waals surface area contributed by atoms with E-state index in [1.54, 1.807) is 19.2 Å². The minimum absolute atomic E-state index is 0.00830. The number of morpholine rings is 1. The first-order chi connectivity index (χ1) is 12.0. The van der Waals surface area contributed by atoms with E-state index < -0.39 is 10.0 Å². The summed E-state index contributed by atoms with van der Waals surface area (Å²) >= 11 is 0. The summed E-state index contributed by atoms with van der Waals surface area (Å²) in [5.41, 5.74) is 1.14. The zero-order valence-electron chi connectivity index (χ0n) is 15.1. The Hall–Kier alpha value is -0.990. The Kier molecular flexibility index (Phi) is 5.80. The van der Waals surface area contributed by atoms with Crippen LogP contribution in [0.15, 0.2) is 29.2 Å². The molecule has 1 aromatic carbocycles. The number of likely N-dealkylation sites (tertiary alicyclic amines) is 1. The first-order valence-corrected chi connectivity index (χ1v) is 10.4. The molecule has 140 valence electrons. The highest BCUT2D eigenvalue weighted by atomic mass is 32.2. The molecule has 0 amide bonds. The van der Waals surface area contributed by atoms with Crippen molar-refractivity contribution < 1.29 is 17.9 Å². The quantitative estimate of drug-likeness (QED) is 0.733. The number of sulfonamides is 1. The lowest BCUT2D eigenvalue weighted by Crippen LogP contribution is -2.62. The number of benzene rings is 1. The Morgan fingerprint density at radius 2 is 1.80 bits per heavy atom. The van der Waals surface area contributed by atoms with E-state index in [0.717, 1.165) is 38.0 Å². The van der Waals surface area contributed by atoms with Crippen LogP contribution in [0.25, 0.3) is 0 Å². The number of hydrogen-bond acceptors (Lipinski definition) is 5. The van der Waals surface area contributed by atoms with Crippen molar-refractivity contribution in [2.45, 2.75) is 36.8 Å². The standard InChI is InChI=1S/C18H28N2O4S/c1-3-8-18(23-2)14-19(15-18)13-16-4-6-17(7-5-16)25(21,22)20-9-11-24-12-10-20/h4-7H,3,8-15H2,1-2H3. The van der Waals surface area contributed by atoms with Gasteiger partial charge in [0.05, 0.1) is 23.7 Å². The van der Waals surface area contributed by atoms with Crippen molar-refractivity contribution in [1.82, 2.24) is 9.21 Å². The molecule has 6 nitrogen and oxygen atoms in total. The van der Waals surface area contributed by atoms with E-state index in [2.05, 4.69) is 11.8 Å². The van der Waals surface area contributed by atoms with E-state index in [1.165, 1.54) is 4.31 Å². The molecule has 2 aliphatic rings. The van der Waals surface area contributed by atoms with Gasteiger partial charge in [0.15, 0.2) is 0 Å². The summed E-state index contributed by atoms with van der Waals surface area (Å²) in [7, 11) is -1.62. The summed E-state index contributed by atoms with van der Waals surface area (Å²) in [6, 6.07) is 7.27. The molecule has 25 heavy (non-hydrogen) atoms. The van der Waals surface area contributed by atoms with Gasteiger partial charge < -0.3 is 9.47 Å².